The summed E-state index contributed by atoms with van der Waals surface area (Å²) in [7, 11) is 0. The highest BCUT2D eigenvalue weighted by atomic mass is 15.2. The van der Waals surface area contributed by atoms with E-state index in [1.54, 1.807) is 0 Å². The van der Waals surface area contributed by atoms with Gasteiger partial charge in [-0.3, -0.25) is 11.3 Å². The molecule has 0 saturated heterocycles. The standard InChI is InChI=1S/C7H18N2.C5H12/c1-3-5-7(4-2)6-9-8;1-3-5-4-2/h7,9H,3-6,8H2,1-2H3;3-5H2,1-2H3. The maximum Gasteiger partial charge on any atom is 0.0126 e. The second-order valence-corrected chi connectivity index (χ2v) is 3.82. The first-order chi connectivity index (χ1) is 6.76. The van der Waals surface area contributed by atoms with E-state index >= 15 is 0 Å². The number of unbranched alkanes of at least 4 members (excludes halogenated alkanes) is 2. The fourth-order valence-electron chi connectivity index (χ4n) is 1.38. The van der Waals surface area contributed by atoms with Crippen molar-refractivity contribution in [2.45, 2.75) is 66.2 Å². The van der Waals surface area contributed by atoms with Gasteiger partial charge in [0, 0.05) is 6.54 Å². The van der Waals surface area contributed by atoms with Gasteiger partial charge in [0.1, 0.15) is 0 Å². The highest BCUT2D eigenvalue weighted by Crippen LogP contribution is 2.07. The molecule has 0 aliphatic heterocycles. The molecule has 0 bridgehead atoms. The second kappa shape index (κ2) is 15.4. The Kier molecular flexibility index (Phi) is 18.0. The van der Waals surface area contributed by atoms with Crippen molar-refractivity contribution < 1.29 is 0 Å². The van der Waals surface area contributed by atoms with Gasteiger partial charge >= 0.3 is 0 Å². The summed E-state index contributed by atoms with van der Waals surface area (Å²) >= 11 is 0. The van der Waals surface area contributed by atoms with Crippen LogP contribution in [0, 0.1) is 5.92 Å². The van der Waals surface area contributed by atoms with Gasteiger partial charge in [-0.05, 0) is 12.3 Å². The fourth-order valence-corrected chi connectivity index (χ4v) is 1.38. The van der Waals surface area contributed by atoms with Crippen LogP contribution < -0.4 is 11.3 Å². The average molecular weight is 202 g/mol. The molecular weight excluding hydrogens is 172 g/mol. The molecule has 0 saturated carbocycles. The van der Waals surface area contributed by atoms with E-state index in [1.165, 1.54) is 38.5 Å². The first-order valence-corrected chi connectivity index (χ1v) is 6.20. The molecule has 0 aromatic heterocycles. The predicted octanol–water partition coefficient (Wildman–Crippen LogP) is 3.47. The Bertz CT molecular complexity index is 76.4. The number of hydrogen-bond acceptors (Lipinski definition) is 2. The Morgan fingerprint density at radius 1 is 1.00 bits per heavy atom. The molecule has 88 valence electrons. The maximum atomic E-state index is 5.19. The van der Waals surface area contributed by atoms with Crippen molar-refractivity contribution in [3.63, 3.8) is 0 Å². The van der Waals surface area contributed by atoms with Gasteiger partial charge in [0.25, 0.3) is 0 Å². The molecule has 14 heavy (non-hydrogen) atoms. The average Bonchev–Trinajstić information content (AvgIpc) is 2.20. The van der Waals surface area contributed by atoms with E-state index in [9.17, 15) is 0 Å². The van der Waals surface area contributed by atoms with Crippen LogP contribution in [0.5, 0.6) is 0 Å². The zero-order chi connectivity index (χ0) is 11.2. The summed E-state index contributed by atoms with van der Waals surface area (Å²) in [5, 5.41) is 0. The summed E-state index contributed by atoms with van der Waals surface area (Å²) in [6.45, 7) is 9.80. The lowest BCUT2D eigenvalue weighted by molar-refractivity contribution is 0.434. The summed E-state index contributed by atoms with van der Waals surface area (Å²) in [5.41, 5.74) is 2.70. The number of hydrazine groups is 1. The van der Waals surface area contributed by atoms with Crippen molar-refractivity contribution >= 4 is 0 Å². The summed E-state index contributed by atoms with van der Waals surface area (Å²) in [6.07, 6.45) is 7.87. The number of nitrogens with two attached hydrogens (primary N) is 1. The molecule has 0 rings (SSSR count). The number of hydrogen-bond donors (Lipinski definition) is 2. The molecule has 0 aromatic carbocycles. The van der Waals surface area contributed by atoms with Gasteiger partial charge in [-0.15, -0.1) is 0 Å². The van der Waals surface area contributed by atoms with Crippen LogP contribution in [0.15, 0.2) is 0 Å². The lowest BCUT2D eigenvalue weighted by Crippen LogP contribution is -2.28. The molecule has 0 spiro atoms. The third-order valence-corrected chi connectivity index (χ3v) is 2.39. The molecule has 0 amide bonds. The third-order valence-electron chi connectivity index (χ3n) is 2.39. The van der Waals surface area contributed by atoms with Crippen LogP contribution in [0.4, 0.5) is 0 Å². The Morgan fingerprint density at radius 3 is 1.79 bits per heavy atom. The largest absolute Gasteiger partial charge is 0.271 e. The van der Waals surface area contributed by atoms with E-state index < -0.39 is 0 Å². The van der Waals surface area contributed by atoms with E-state index in [0.717, 1.165) is 12.5 Å². The van der Waals surface area contributed by atoms with Crippen molar-refractivity contribution in [1.82, 2.24) is 5.43 Å². The lowest BCUT2D eigenvalue weighted by Gasteiger charge is -2.11. The molecule has 3 N–H and O–H groups in total. The van der Waals surface area contributed by atoms with Gasteiger partial charge in [-0.25, -0.2) is 0 Å². The van der Waals surface area contributed by atoms with Crippen LogP contribution in [-0.4, -0.2) is 6.54 Å². The van der Waals surface area contributed by atoms with Crippen molar-refractivity contribution in [3.05, 3.63) is 0 Å². The van der Waals surface area contributed by atoms with Gasteiger partial charge in [0.05, 0.1) is 0 Å². The molecule has 1 atom stereocenters. The van der Waals surface area contributed by atoms with E-state index in [-0.39, 0.29) is 0 Å². The highest BCUT2D eigenvalue weighted by Gasteiger charge is 2.01. The summed E-state index contributed by atoms with van der Waals surface area (Å²) in [5.74, 6) is 5.96. The van der Waals surface area contributed by atoms with Gasteiger partial charge in [0.15, 0.2) is 0 Å². The Balaban J connectivity index is 0. The Hall–Kier alpha value is -0.0800. The van der Waals surface area contributed by atoms with Crippen LogP contribution >= 0.6 is 0 Å². The zero-order valence-corrected chi connectivity index (χ0v) is 10.6. The van der Waals surface area contributed by atoms with Crippen LogP contribution in [0.1, 0.15) is 66.2 Å². The third kappa shape index (κ3) is 14.4. The maximum absolute atomic E-state index is 5.19. The molecule has 0 heterocycles. The molecule has 0 radical (unpaired) electrons. The topological polar surface area (TPSA) is 38.0 Å². The van der Waals surface area contributed by atoms with E-state index in [4.69, 9.17) is 5.84 Å². The summed E-state index contributed by atoms with van der Waals surface area (Å²) in [6, 6.07) is 0. The molecular formula is C12H30N2. The summed E-state index contributed by atoms with van der Waals surface area (Å²) in [4.78, 5) is 0. The minimum absolute atomic E-state index is 0.778. The SMILES string of the molecule is CCCC(CC)CNN.CCCCC. The van der Waals surface area contributed by atoms with Crippen LogP contribution in [-0.2, 0) is 0 Å². The van der Waals surface area contributed by atoms with Crippen molar-refractivity contribution in [2.75, 3.05) is 6.54 Å². The van der Waals surface area contributed by atoms with Gasteiger partial charge in [-0.1, -0.05) is 59.8 Å². The monoisotopic (exact) mass is 202 g/mol. The number of nitrogens with one attached hydrogen (secondary N) is 1. The summed E-state index contributed by atoms with van der Waals surface area (Å²) < 4.78 is 0. The molecule has 2 nitrogen and oxygen atoms in total. The van der Waals surface area contributed by atoms with Gasteiger partial charge in [0.2, 0.25) is 0 Å². The van der Waals surface area contributed by atoms with Gasteiger partial charge < -0.3 is 0 Å². The Labute approximate surface area is 90.6 Å². The van der Waals surface area contributed by atoms with E-state index in [0.29, 0.717) is 0 Å². The first-order valence-electron chi connectivity index (χ1n) is 6.20. The van der Waals surface area contributed by atoms with E-state index in [2.05, 4.69) is 33.1 Å². The van der Waals surface area contributed by atoms with Gasteiger partial charge in [-0.2, -0.15) is 0 Å². The molecule has 1 unspecified atom stereocenters. The molecule has 0 aliphatic rings. The minimum Gasteiger partial charge on any atom is -0.271 e. The number of rotatable bonds is 7. The first kappa shape index (κ1) is 16.4. The molecule has 2 heteroatoms. The smallest absolute Gasteiger partial charge is 0.0126 e. The minimum atomic E-state index is 0.778. The second-order valence-electron chi connectivity index (χ2n) is 3.82. The molecule has 0 aliphatic carbocycles. The van der Waals surface area contributed by atoms with Crippen molar-refractivity contribution in [1.29, 1.82) is 0 Å². The van der Waals surface area contributed by atoms with Crippen molar-refractivity contribution in [3.8, 4) is 0 Å². The Morgan fingerprint density at radius 2 is 1.57 bits per heavy atom. The molecule has 0 fully saturated rings. The predicted molar refractivity (Wildman–Crippen MR) is 66.1 cm³/mol. The van der Waals surface area contributed by atoms with Crippen LogP contribution in [0.2, 0.25) is 0 Å². The molecule has 0 aromatic rings. The quantitative estimate of drug-likeness (QED) is 0.490. The normalized spacial score (nSPS) is 11.8. The van der Waals surface area contributed by atoms with Crippen LogP contribution in [0.3, 0.4) is 0 Å². The van der Waals surface area contributed by atoms with Crippen molar-refractivity contribution in [2.24, 2.45) is 11.8 Å². The highest BCUT2D eigenvalue weighted by molar-refractivity contribution is 4.56. The lowest BCUT2D eigenvalue weighted by atomic mass is 10.0. The zero-order valence-electron chi connectivity index (χ0n) is 10.6. The fraction of sp³-hybridized carbons (Fsp3) is 1.00. The van der Waals surface area contributed by atoms with Crippen LogP contribution in [0.25, 0.3) is 0 Å². The van der Waals surface area contributed by atoms with E-state index in [1.807, 2.05) is 0 Å².